The molecule has 0 aromatic carbocycles. The maximum atomic E-state index is 11.4. The van der Waals surface area contributed by atoms with E-state index in [0.717, 1.165) is 23.5 Å². The first-order valence-corrected chi connectivity index (χ1v) is 6.74. The van der Waals surface area contributed by atoms with Crippen LogP contribution in [0.5, 0.6) is 0 Å². The van der Waals surface area contributed by atoms with Crippen LogP contribution in [0.3, 0.4) is 0 Å². The second-order valence-corrected chi connectivity index (χ2v) is 5.68. The van der Waals surface area contributed by atoms with E-state index in [1.54, 1.807) is 10.9 Å². The van der Waals surface area contributed by atoms with Gasteiger partial charge in [-0.2, -0.15) is 5.10 Å². The van der Waals surface area contributed by atoms with Gasteiger partial charge in [-0.25, -0.2) is 9.78 Å². The SMILES string of the molecule is CC1CC1CN(C)c1c(C(=O)O)cnc2c1cnn2C. The Bertz CT molecular complexity index is 679. The van der Waals surface area contributed by atoms with E-state index < -0.39 is 5.97 Å². The minimum absolute atomic E-state index is 0.237. The van der Waals surface area contributed by atoms with Gasteiger partial charge in [0.1, 0.15) is 5.56 Å². The summed E-state index contributed by atoms with van der Waals surface area (Å²) in [4.78, 5) is 17.7. The van der Waals surface area contributed by atoms with Gasteiger partial charge in [0, 0.05) is 26.8 Å². The van der Waals surface area contributed by atoms with Crippen molar-refractivity contribution in [1.82, 2.24) is 14.8 Å². The molecule has 106 valence electrons. The Morgan fingerprint density at radius 1 is 1.55 bits per heavy atom. The molecule has 2 aromatic rings. The minimum Gasteiger partial charge on any atom is -0.478 e. The highest BCUT2D eigenvalue weighted by Crippen LogP contribution is 2.40. The summed E-state index contributed by atoms with van der Waals surface area (Å²) in [5, 5.41) is 14.4. The average Bonchev–Trinajstić information content (AvgIpc) is 2.95. The number of hydrogen-bond acceptors (Lipinski definition) is 4. The van der Waals surface area contributed by atoms with Crippen molar-refractivity contribution in [1.29, 1.82) is 0 Å². The second kappa shape index (κ2) is 4.47. The molecule has 1 aliphatic rings. The average molecular weight is 274 g/mol. The number of nitrogens with zero attached hydrogens (tertiary/aromatic N) is 4. The number of carbonyl (C=O) groups is 1. The Morgan fingerprint density at radius 3 is 2.85 bits per heavy atom. The van der Waals surface area contributed by atoms with Gasteiger partial charge in [0.2, 0.25) is 0 Å². The van der Waals surface area contributed by atoms with Crippen molar-refractivity contribution < 1.29 is 9.90 Å². The molecule has 0 saturated heterocycles. The van der Waals surface area contributed by atoms with Gasteiger partial charge in [-0.1, -0.05) is 6.92 Å². The number of fused-ring (bicyclic) bond motifs is 1. The number of carboxylic acids is 1. The summed E-state index contributed by atoms with van der Waals surface area (Å²) in [5.74, 6) is 0.437. The van der Waals surface area contributed by atoms with Gasteiger partial charge in [0.05, 0.1) is 17.3 Å². The number of aromatic nitrogens is 3. The Morgan fingerprint density at radius 2 is 2.25 bits per heavy atom. The van der Waals surface area contributed by atoms with Crippen LogP contribution in [0.1, 0.15) is 23.7 Å². The molecule has 2 atom stereocenters. The fourth-order valence-corrected chi connectivity index (χ4v) is 2.75. The molecule has 0 amide bonds. The molecule has 0 spiro atoms. The third-order valence-corrected chi connectivity index (χ3v) is 4.13. The summed E-state index contributed by atoms with van der Waals surface area (Å²) in [6, 6.07) is 0. The predicted molar refractivity (Wildman–Crippen MR) is 76.0 cm³/mol. The molecule has 0 aliphatic heterocycles. The van der Waals surface area contributed by atoms with E-state index in [4.69, 9.17) is 0 Å². The lowest BCUT2D eigenvalue weighted by Crippen LogP contribution is -2.23. The van der Waals surface area contributed by atoms with Crippen molar-refractivity contribution >= 4 is 22.7 Å². The van der Waals surface area contributed by atoms with Crippen LogP contribution in [-0.4, -0.2) is 39.4 Å². The fourth-order valence-electron chi connectivity index (χ4n) is 2.75. The van der Waals surface area contributed by atoms with Crippen LogP contribution in [-0.2, 0) is 7.05 Å². The van der Waals surface area contributed by atoms with Crippen LogP contribution >= 0.6 is 0 Å². The third kappa shape index (κ3) is 2.01. The summed E-state index contributed by atoms with van der Waals surface area (Å²) in [6.07, 6.45) is 4.33. The van der Waals surface area contributed by atoms with Gasteiger partial charge in [0.15, 0.2) is 5.65 Å². The third-order valence-electron chi connectivity index (χ3n) is 4.13. The van der Waals surface area contributed by atoms with Crippen LogP contribution in [0.15, 0.2) is 12.4 Å². The van der Waals surface area contributed by atoms with Crippen LogP contribution < -0.4 is 4.90 Å². The highest BCUT2D eigenvalue weighted by Gasteiger charge is 2.34. The zero-order chi connectivity index (χ0) is 14.4. The largest absolute Gasteiger partial charge is 0.478 e. The molecular formula is C14H18N4O2. The van der Waals surface area contributed by atoms with E-state index >= 15 is 0 Å². The first-order valence-electron chi connectivity index (χ1n) is 6.74. The van der Waals surface area contributed by atoms with Crippen molar-refractivity contribution in [2.75, 3.05) is 18.5 Å². The molecule has 1 saturated carbocycles. The molecule has 2 heterocycles. The van der Waals surface area contributed by atoms with Crippen LogP contribution in [0.4, 0.5) is 5.69 Å². The van der Waals surface area contributed by atoms with Crippen LogP contribution in [0.25, 0.3) is 11.0 Å². The lowest BCUT2D eigenvalue weighted by molar-refractivity contribution is 0.0697. The molecule has 20 heavy (non-hydrogen) atoms. The molecular weight excluding hydrogens is 256 g/mol. The van der Waals surface area contributed by atoms with Gasteiger partial charge in [-0.3, -0.25) is 4.68 Å². The van der Waals surface area contributed by atoms with Crippen LogP contribution in [0, 0.1) is 11.8 Å². The van der Waals surface area contributed by atoms with E-state index in [-0.39, 0.29) is 5.56 Å². The smallest absolute Gasteiger partial charge is 0.339 e. The highest BCUT2D eigenvalue weighted by atomic mass is 16.4. The lowest BCUT2D eigenvalue weighted by Gasteiger charge is -2.22. The number of anilines is 1. The fraction of sp³-hybridized carbons (Fsp3) is 0.500. The molecule has 2 unspecified atom stereocenters. The Labute approximate surface area is 117 Å². The molecule has 1 N–H and O–H groups in total. The van der Waals surface area contributed by atoms with Gasteiger partial charge in [-0.05, 0) is 18.3 Å². The van der Waals surface area contributed by atoms with Gasteiger partial charge in [0.25, 0.3) is 0 Å². The molecule has 3 rings (SSSR count). The number of aryl methyl sites for hydroxylation is 1. The van der Waals surface area contributed by atoms with Gasteiger partial charge >= 0.3 is 5.97 Å². The summed E-state index contributed by atoms with van der Waals surface area (Å²) >= 11 is 0. The van der Waals surface area contributed by atoms with Crippen molar-refractivity contribution in [3.05, 3.63) is 18.0 Å². The number of hydrogen-bond donors (Lipinski definition) is 1. The molecule has 6 heteroatoms. The van der Waals surface area contributed by atoms with E-state index in [2.05, 4.69) is 17.0 Å². The monoisotopic (exact) mass is 274 g/mol. The van der Waals surface area contributed by atoms with Crippen molar-refractivity contribution in [2.45, 2.75) is 13.3 Å². The van der Waals surface area contributed by atoms with Crippen molar-refractivity contribution in [3.8, 4) is 0 Å². The van der Waals surface area contributed by atoms with E-state index in [1.165, 1.54) is 12.6 Å². The summed E-state index contributed by atoms with van der Waals surface area (Å²) < 4.78 is 1.66. The van der Waals surface area contributed by atoms with E-state index in [0.29, 0.717) is 11.6 Å². The standard InChI is InChI=1S/C14H18N4O2/c1-8-4-9(8)7-17(2)12-10-6-16-18(3)13(10)15-5-11(12)14(19)20/h5-6,8-9H,4,7H2,1-3H3,(H,19,20). The lowest BCUT2D eigenvalue weighted by atomic mass is 10.1. The molecule has 1 fully saturated rings. The van der Waals surface area contributed by atoms with E-state index in [9.17, 15) is 9.90 Å². The van der Waals surface area contributed by atoms with Crippen molar-refractivity contribution in [2.24, 2.45) is 18.9 Å². The van der Waals surface area contributed by atoms with E-state index in [1.807, 2.05) is 19.0 Å². The Hall–Kier alpha value is -2.11. The normalized spacial score (nSPS) is 21.1. The summed E-state index contributed by atoms with van der Waals surface area (Å²) in [7, 11) is 3.75. The number of rotatable bonds is 4. The predicted octanol–water partition coefficient (Wildman–Crippen LogP) is 1.76. The first-order chi connectivity index (χ1) is 9.49. The zero-order valence-corrected chi connectivity index (χ0v) is 11.9. The maximum Gasteiger partial charge on any atom is 0.339 e. The number of aromatic carboxylic acids is 1. The first kappa shape index (κ1) is 12.9. The molecule has 1 aliphatic carbocycles. The maximum absolute atomic E-state index is 11.4. The minimum atomic E-state index is -0.950. The summed E-state index contributed by atoms with van der Waals surface area (Å²) in [6.45, 7) is 3.10. The molecule has 6 nitrogen and oxygen atoms in total. The summed E-state index contributed by atoms with van der Waals surface area (Å²) in [5.41, 5.74) is 1.66. The number of pyridine rings is 1. The molecule has 0 radical (unpaired) electrons. The highest BCUT2D eigenvalue weighted by molar-refractivity contribution is 6.03. The van der Waals surface area contributed by atoms with Gasteiger partial charge in [-0.15, -0.1) is 0 Å². The topological polar surface area (TPSA) is 71.2 Å². The molecule has 2 aromatic heterocycles. The quantitative estimate of drug-likeness (QED) is 0.919. The zero-order valence-electron chi connectivity index (χ0n) is 11.9. The second-order valence-electron chi connectivity index (χ2n) is 5.68. The molecule has 0 bridgehead atoms. The number of carboxylic acid groups (broad SMARTS) is 1. The van der Waals surface area contributed by atoms with Crippen molar-refractivity contribution in [3.63, 3.8) is 0 Å². The Balaban J connectivity index is 2.09. The Kier molecular flexibility index (Phi) is 2.88. The van der Waals surface area contributed by atoms with Gasteiger partial charge < -0.3 is 10.0 Å². The van der Waals surface area contributed by atoms with Crippen LogP contribution in [0.2, 0.25) is 0 Å².